The quantitative estimate of drug-likeness (QED) is 0.803. The van der Waals surface area contributed by atoms with Crippen LogP contribution < -0.4 is 10.9 Å². The van der Waals surface area contributed by atoms with Crippen LogP contribution in [-0.2, 0) is 11.3 Å². The summed E-state index contributed by atoms with van der Waals surface area (Å²) in [6.45, 7) is 3.74. The van der Waals surface area contributed by atoms with Gasteiger partial charge in [0.05, 0.1) is 22.9 Å². The second-order valence-corrected chi connectivity index (χ2v) is 6.11. The summed E-state index contributed by atoms with van der Waals surface area (Å²) < 4.78 is 1.30. The molecule has 0 radical (unpaired) electrons. The highest BCUT2D eigenvalue weighted by molar-refractivity contribution is 7.15. The maximum atomic E-state index is 12.3. The van der Waals surface area contributed by atoms with Crippen LogP contribution in [0.1, 0.15) is 10.6 Å². The van der Waals surface area contributed by atoms with Gasteiger partial charge in [-0.25, -0.2) is 9.97 Å². The number of amides is 1. The van der Waals surface area contributed by atoms with E-state index in [0.29, 0.717) is 16.0 Å². The molecule has 0 fully saturated rings. The van der Waals surface area contributed by atoms with Gasteiger partial charge in [-0.2, -0.15) is 0 Å². The summed E-state index contributed by atoms with van der Waals surface area (Å²) in [5.41, 5.74) is 1.28. The number of carbonyl (C=O) groups is 1. The molecule has 0 unspecified atom stereocenters. The Bertz CT molecular complexity index is 894. The monoisotopic (exact) mass is 314 g/mol. The molecule has 7 heteroatoms. The first kappa shape index (κ1) is 14.4. The Balaban J connectivity index is 1.82. The van der Waals surface area contributed by atoms with Gasteiger partial charge in [-0.3, -0.25) is 14.2 Å². The summed E-state index contributed by atoms with van der Waals surface area (Å²) in [4.78, 5) is 33.9. The summed E-state index contributed by atoms with van der Waals surface area (Å²) in [5.74, 6) is -0.298. The van der Waals surface area contributed by atoms with E-state index < -0.39 is 0 Å². The van der Waals surface area contributed by atoms with Crippen molar-refractivity contribution in [3.63, 3.8) is 0 Å². The molecule has 6 nitrogen and oxygen atoms in total. The van der Waals surface area contributed by atoms with Gasteiger partial charge in [0, 0.05) is 4.88 Å². The van der Waals surface area contributed by atoms with E-state index in [1.807, 2.05) is 19.9 Å². The smallest absolute Gasteiger partial charge is 0.261 e. The molecular formula is C15H14N4O2S. The van der Waals surface area contributed by atoms with Crippen LogP contribution in [0.15, 0.2) is 35.4 Å². The molecule has 22 heavy (non-hydrogen) atoms. The van der Waals surface area contributed by atoms with Gasteiger partial charge in [-0.05, 0) is 26.0 Å². The lowest BCUT2D eigenvalue weighted by atomic mass is 10.2. The van der Waals surface area contributed by atoms with Gasteiger partial charge in [-0.15, -0.1) is 11.3 Å². The molecule has 0 saturated carbocycles. The van der Waals surface area contributed by atoms with Gasteiger partial charge in [0.2, 0.25) is 5.91 Å². The highest BCUT2D eigenvalue weighted by atomic mass is 32.1. The number of hydrogen-bond acceptors (Lipinski definition) is 5. The van der Waals surface area contributed by atoms with E-state index >= 15 is 0 Å². The molecule has 112 valence electrons. The molecule has 3 aromatic rings. The fraction of sp³-hybridized carbons (Fsp3) is 0.200. The summed E-state index contributed by atoms with van der Waals surface area (Å²) in [7, 11) is 0. The van der Waals surface area contributed by atoms with E-state index in [2.05, 4.69) is 15.3 Å². The number of thiazole rings is 1. The van der Waals surface area contributed by atoms with Crippen molar-refractivity contribution in [1.29, 1.82) is 0 Å². The molecule has 3 rings (SSSR count). The van der Waals surface area contributed by atoms with E-state index in [9.17, 15) is 9.59 Å². The zero-order valence-electron chi connectivity index (χ0n) is 12.2. The number of para-hydroxylation sites is 1. The minimum absolute atomic E-state index is 0.0889. The van der Waals surface area contributed by atoms with E-state index in [1.54, 1.807) is 18.2 Å². The molecule has 0 saturated heterocycles. The van der Waals surface area contributed by atoms with E-state index in [4.69, 9.17) is 0 Å². The number of anilines is 1. The van der Waals surface area contributed by atoms with Crippen molar-refractivity contribution >= 4 is 33.3 Å². The molecule has 0 aliphatic carbocycles. The predicted molar refractivity (Wildman–Crippen MR) is 86.2 cm³/mol. The third-order valence-corrected chi connectivity index (χ3v) is 4.31. The first-order valence-electron chi connectivity index (χ1n) is 6.72. The molecular weight excluding hydrogens is 300 g/mol. The van der Waals surface area contributed by atoms with Crippen molar-refractivity contribution in [2.75, 3.05) is 5.32 Å². The number of nitrogens with one attached hydrogen (secondary N) is 1. The maximum Gasteiger partial charge on any atom is 0.261 e. The summed E-state index contributed by atoms with van der Waals surface area (Å²) in [6, 6.07) is 7.06. The van der Waals surface area contributed by atoms with E-state index in [1.165, 1.54) is 22.2 Å². The average Bonchev–Trinajstić information content (AvgIpc) is 2.80. The highest BCUT2D eigenvalue weighted by Crippen LogP contribution is 2.20. The van der Waals surface area contributed by atoms with Crippen molar-refractivity contribution in [2.45, 2.75) is 20.4 Å². The van der Waals surface area contributed by atoms with Crippen molar-refractivity contribution in [3.05, 3.63) is 51.5 Å². The third kappa shape index (κ3) is 2.75. The second kappa shape index (κ2) is 5.69. The summed E-state index contributed by atoms with van der Waals surface area (Å²) >= 11 is 1.41. The number of rotatable bonds is 3. The molecule has 0 spiro atoms. The molecule has 1 N–H and O–H groups in total. The topological polar surface area (TPSA) is 76.9 Å². The first-order chi connectivity index (χ1) is 10.5. The molecule has 0 atom stereocenters. The SMILES string of the molecule is Cc1nc(NC(=O)Cn2cnc3ccccc3c2=O)sc1C. The molecule has 1 aromatic carbocycles. The number of nitrogens with zero attached hydrogens (tertiary/aromatic N) is 3. The van der Waals surface area contributed by atoms with Gasteiger partial charge in [-0.1, -0.05) is 12.1 Å². The minimum Gasteiger partial charge on any atom is -0.300 e. The standard InChI is InChI=1S/C15H14N4O2S/c1-9-10(2)22-15(17-9)18-13(20)7-19-8-16-12-6-4-3-5-11(12)14(19)21/h3-6,8H,7H2,1-2H3,(H,17,18,20). The number of fused-ring (bicyclic) bond motifs is 1. The summed E-state index contributed by atoms with van der Waals surface area (Å²) in [5, 5.41) is 3.75. The Morgan fingerprint density at radius 1 is 1.32 bits per heavy atom. The lowest BCUT2D eigenvalue weighted by Gasteiger charge is -2.06. The van der Waals surface area contributed by atoms with Crippen LogP contribution >= 0.6 is 11.3 Å². The Morgan fingerprint density at radius 2 is 2.09 bits per heavy atom. The summed E-state index contributed by atoms with van der Waals surface area (Å²) in [6.07, 6.45) is 1.39. The lowest BCUT2D eigenvalue weighted by molar-refractivity contribution is -0.116. The normalized spacial score (nSPS) is 10.8. The van der Waals surface area contributed by atoms with Gasteiger partial charge in [0.15, 0.2) is 5.13 Å². The van der Waals surface area contributed by atoms with Gasteiger partial charge < -0.3 is 5.32 Å². The van der Waals surface area contributed by atoms with Crippen LogP contribution in [-0.4, -0.2) is 20.4 Å². The van der Waals surface area contributed by atoms with Crippen molar-refractivity contribution in [3.8, 4) is 0 Å². The number of aromatic nitrogens is 3. The highest BCUT2D eigenvalue weighted by Gasteiger charge is 2.10. The fourth-order valence-electron chi connectivity index (χ4n) is 2.06. The van der Waals surface area contributed by atoms with Crippen LogP contribution in [0.2, 0.25) is 0 Å². The average molecular weight is 314 g/mol. The second-order valence-electron chi connectivity index (χ2n) is 4.90. The predicted octanol–water partition coefficient (Wildman–Crippen LogP) is 2.11. The molecule has 0 bridgehead atoms. The Morgan fingerprint density at radius 3 is 2.82 bits per heavy atom. The Labute approximate surface area is 130 Å². The Hall–Kier alpha value is -2.54. The number of benzene rings is 1. The number of aryl methyl sites for hydroxylation is 2. The zero-order chi connectivity index (χ0) is 15.7. The van der Waals surface area contributed by atoms with Crippen molar-refractivity contribution in [2.24, 2.45) is 0 Å². The minimum atomic E-state index is -0.298. The van der Waals surface area contributed by atoms with Crippen LogP contribution in [0, 0.1) is 13.8 Å². The molecule has 2 aromatic heterocycles. The Kier molecular flexibility index (Phi) is 3.72. The largest absolute Gasteiger partial charge is 0.300 e. The molecule has 0 aliphatic heterocycles. The molecule has 1 amide bonds. The third-order valence-electron chi connectivity index (χ3n) is 3.32. The first-order valence-corrected chi connectivity index (χ1v) is 7.54. The molecule has 0 aliphatic rings. The van der Waals surface area contributed by atoms with Gasteiger partial charge >= 0.3 is 0 Å². The number of hydrogen-bond donors (Lipinski definition) is 1. The van der Waals surface area contributed by atoms with Crippen LogP contribution in [0.4, 0.5) is 5.13 Å². The zero-order valence-corrected chi connectivity index (χ0v) is 13.0. The van der Waals surface area contributed by atoms with Crippen LogP contribution in [0.25, 0.3) is 10.9 Å². The van der Waals surface area contributed by atoms with Crippen LogP contribution in [0.3, 0.4) is 0 Å². The maximum absolute atomic E-state index is 12.3. The van der Waals surface area contributed by atoms with E-state index in [-0.39, 0.29) is 18.0 Å². The lowest BCUT2D eigenvalue weighted by Crippen LogP contribution is -2.27. The molecule has 2 heterocycles. The van der Waals surface area contributed by atoms with Gasteiger partial charge in [0.1, 0.15) is 6.54 Å². The number of carbonyl (C=O) groups excluding carboxylic acids is 1. The fourth-order valence-corrected chi connectivity index (χ4v) is 2.89. The van der Waals surface area contributed by atoms with Crippen LogP contribution in [0.5, 0.6) is 0 Å². The van der Waals surface area contributed by atoms with E-state index in [0.717, 1.165) is 10.6 Å². The van der Waals surface area contributed by atoms with Crippen molar-refractivity contribution in [1.82, 2.24) is 14.5 Å². The van der Waals surface area contributed by atoms with Crippen molar-refractivity contribution < 1.29 is 4.79 Å². The van der Waals surface area contributed by atoms with Gasteiger partial charge in [0.25, 0.3) is 5.56 Å².